The summed E-state index contributed by atoms with van der Waals surface area (Å²) in [5.41, 5.74) is 3.02. The molecule has 1 aliphatic rings. The highest BCUT2D eigenvalue weighted by Gasteiger charge is 2.24. The average molecular weight is 374 g/mol. The highest BCUT2D eigenvalue weighted by atomic mass is 35.5. The number of thiazole rings is 1. The zero-order valence-electron chi connectivity index (χ0n) is 13.0. The van der Waals surface area contributed by atoms with E-state index in [-0.39, 0.29) is 18.4 Å². The van der Waals surface area contributed by atoms with E-state index in [2.05, 4.69) is 27.2 Å². The van der Waals surface area contributed by atoms with E-state index in [4.69, 9.17) is 0 Å². The molecule has 1 aromatic heterocycles. The maximum Gasteiger partial charge on any atom is 0.252 e. The lowest BCUT2D eigenvalue weighted by molar-refractivity contribution is 0.492. The molecule has 1 aromatic carbocycles. The number of aryl methyl sites for hydroxylation is 2. The number of nitrogens with one attached hydrogen (secondary N) is 2. The monoisotopic (exact) mass is 373 g/mol. The molecule has 1 unspecified atom stereocenters. The van der Waals surface area contributed by atoms with Gasteiger partial charge in [0, 0.05) is 12.6 Å². The Morgan fingerprint density at radius 3 is 2.78 bits per heavy atom. The molecule has 0 fully saturated rings. The van der Waals surface area contributed by atoms with Crippen molar-refractivity contribution in [2.24, 2.45) is 0 Å². The van der Waals surface area contributed by atoms with Gasteiger partial charge >= 0.3 is 0 Å². The first-order chi connectivity index (χ1) is 10.5. The van der Waals surface area contributed by atoms with Crippen LogP contribution >= 0.6 is 23.7 Å². The summed E-state index contributed by atoms with van der Waals surface area (Å²) in [5, 5.41) is 4.14. The molecule has 126 valence electrons. The van der Waals surface area contributed by atoms with E-state index in [1.165, 1.54) is 22.5 Å². The summed E-state index contributed by atoms with van der Waals surface area (Å²) in [6.07, 6.45) is 0.979. The fraction of sp³-hybridized carbons (Fsp3) is 0.400. The molecule has 0 saturated carbocycles. The largest absolute Gasteiger partial charge is 0.308 e. The van der Waals surface area contributed by atoms with Crippen molar-refractivity contribution in [3.8, 4) is 0 Å². The van der Waals surface area contributed by atoms with Gasteiger partial charge in [0.25, 0.3) is 10.0 Å². The SMILES string of the molecule is Cc1nc(C)c(S(=O)(=O)NCC2NCCc3ccccc32)s1.Cl. The summed E-state index contributed by atoms with van der Waals surface area (Å²) in [4.78, 5) is 4.19. The lowest BCUT2D eigenvalue weighted by atomic mass is 9.95. The zero-order valence-corrected chi connectivity index (χ0v) is 15.4. The van der Waals surface area contributed by atoms with Crippen molar-refractivity contribution in [2.75, 3.05) is 13.1 Å². The number of sulfonamides is 1. The molecule has 0 radical (unpaired) electrons. The number of nitrogens with zero attached hydrogens (tertiary/aromatic N) is 1. The van der Waals surface area contributed by atoms with Crippen molar-refractivity contribution in [2.45, 2.75) is 30.5 Å². The molecule has 0 aliphatic carbocycles. The van der Waals surface area contributed by atoms with Gasteiger partial charge in [0.1, 0.15) is 0 Å². The van der Waals surface area contributed by atoms with Gasteiger partial charge in [-0.05, 0) is 37.9 Å². The van der Waals surface area contributed by atoms with Gasteiger partial charge in [-0.3, -0.25) is 0 Å². The Labute approximate surface area is 147 Å². The van der Waals surface area contributed by atoms with E-state index in [1.54, 1.807) is 6.92 Å². The van der Waals surface area contributed by atoms with E-state index in [0.717, 1.165) is 18.0 Å². The van der Waals surface area contributed by atoms with Gasteiger partial charge in [-0.15, -0.1) is 23.7 Å². The summed E-state index contributed by atoms with van der Waals surface area (Å²) in [5.74, 6) is 0. The Bertz CT molecular complexity index is 790. The average Bonchev–Trinajstić information content (AvgIpc) is 2.85. The number of rotatable bonds is 4. The van der Waals surface area contributed by atoms with Gasteiger partial charge in [0.05, 0.1) is 10.7 Å². The Morgan fingerprint density at radius 2 is 2.09 bits per heavy atom. The van der Waals surface area contributed by atoms with Crippen molar-refractivity contribution in [3.63, 3.8) is 0 Å². The summed E-state index contributed by atoms with van der Waals surface area (Å²) in [6, 6.07) is 8.18. The predicted molar refractivity (Wildman–Crippen MR) is 94.9 cm³/mol. The van der Waals surface area contributed by atoms with Crippen LogP contribution in [-0.2, 0) is 16.4 Å². The summed E-state index contributed by atoms with van der Waals surface area (Å²) in [7, 11) is -3.51. The minimum Gasteiger partial charge on any atom is -0.308 e. The fourth-order valence-electron chi connectivity index (χ4n) is 2.80. The predicted octanol–water partition coefficient (Wildman–Crippen LogP) is 2.35. The molecule has 3 rings (SSSR count). The smallest absolute Gasteiger partial charge is 0.252 e. The molecule has 2 aromatic rings. The molecule has 0 saturated heterocycles. The first-order valence-electron chi connectivity index (χ1n) is 7.22. The number of halogens is 1. The Balaban J connectivity index is 0.00000192. The Hall–Kier alpha value is -0.990. The van der Waals surface area contributed by atoms with Gasteiger partial charge in [-0.2, -0.15) is 0 Å². The topological polar surface area (TPSA) is 71.1 Å². The molecular formula is C15H20ClN3O2S2. The first-order valence-corrected chi connectivity index (χ1v) is 9.52. The van der Waals surface area contributed by atoms with Crippen LogP contribution in [0.25, 0.3) is 0 Å². The summed E-state index contributed by atoms with van der Waals surface area (Å²) < 4.78 is 27.9. The van der Waals surface area contributed by atoms with Gasteiger partial charge < -0.3 is 5.32 Å². The number of fused-ring (bicyclic) bond motifs is 1. The fourth-order valence-corrected chi connectivity index (χ4v) is 5.37. The maximum atomic E-state index is 12.5. The van der Waals surface area contributed by atoms with Crippen LogP contribution in [-0.4, -0.2) is 26.5 Å². The number of hydrogen-bond acceptors (Lipinski definition) is 5. The molecule has 0 spiro atoms. The van der Waals surface area contributed by atoms with E-state index >= 15 is 0 Å². The number of benzene rings is 1. The third-order valence-electron chi connectivity index (χ3n) is 3.80. The summed E-state index contributed by atoms with van der Waals surface area (Å²) >= 11 is 1.21. The Morgan fingerprint density at radius 1 is 1.35 bits per heavy atom. The van der Waals surface area contributed by atoms with Crippen LogP contribution < -0.4 is 10.0 Å². The van der Waals surface area contributed by atoms with Crippen molar-refractivity contribution >= 4 is 33.8 Å². The number of aromatic nitrogens is 1. The highest BCUT2D eigenvalue weighted by molar-refractivity contribution is 7.91. The third-order valence-corrected chi connectivity index (χ3v) is 6.90. The van der Waals surface area contributed by atoms with Crippen LogP contribution in [0.4, 0.5) is 0 Å². The highest BCUT2D eigenvalue weighted by Crippen LogP contribution is 2.25. The molecule has 8 heteroatoms. The number of hydrogen-bond donors (Lipinski definition) is 2. The van der Waals surface area contributed by atoms with Gasteiger partial charge in [-0.25, -0.2) is 18.1 Å². The minimum atomic E-state index is -3.51. The second-order valence-corrected chi connectivity index (χ2v) is 8.58. The van der Waals surface area contributed by atoms with Crippen molar-refractivity contribution in [1.82, 2.24) is 15.0 Å². The maximum absolute atomic E-state index is 12.5. The van der Waals surface area contributed by atoms with Crippen molar-refractivity contribution in [1.29, 1.82) is 0 Å². The van der Waals surface area contributed by atoms with Crippen LogP contribution in [0.3, 0.4) is 0 Å². The minimum absolute atomic E-state index is 0. The van der Waals surface area contributed by atoms with Crippen LogP contribution in [0.15, 0.2) is 28.5 Å². The van der Waals surface area contributed by atoms with Crippen LogP contribution in [0, 0.1) is 13.8 Å². The molecule has 5 nitrogen and oxygen atoms in total. The first kappa shape index (κ1) is 18.4. The van der Waals surface area contributed by atoms with E-state index < -0.39 is 10.0 Å². The molecule has 0 bridgehead atoms. The van der Waals surface area contributed by atoms with Gasteiger partial charge in [0.2, 0.25) is 0 Å². The van der Waals surface area contributed by atoms with Crippen LogP contribution in [0.1, 0.15) is 27.9 Å². The second-order valence-electron chi connectivity index (χ2n) is 5.41. The van der Waals surface area contributed by atoms with E-state index in [9.17, 15) is 8.42 Å². The quantitative estimate of drug-likeness (QED) is 0.863. The van der Waals surface area contributed by atoms with Crippen molar-refractivity contribution < 1.29 is 8.42 Å². The molecule has 23 heavy (non-hydrogen) atoms. The lowest BCUT2D eigenvalue weighted by Gasteiger charge is -2.27. The van der Waals surface area contributed by atoms with E-state index in [0.29, 0.717) is 16.4 Å². The van der Waals surface area contributed by atoms with Gasteiger partial charge in [0.15, 0.2) is 4.21 Å². The van der Waals surface area contributed by atoms with Crippen LogP contribution in [0.5, 0.6) is 0 Å². The van der Waals surface area contributed by atoms with Gasteiger partial charge in [-0.1, -0.05) is 24.3 Å². The normalized spacial score (nSPS) is 17.4. The lowest BCUT2D eigenvalue weighted by Crippen LogP contribution is -2.38. The molecular weight excluding hydrogens is 354 g/mol. The van der Waals surface area contributed by atoms with Crippen molar-refractivity contribution in [3.05, 3.63) is 46.1 Å². The Kier molecular flexibility index (Phi) is 5.80. The zero-order chi connectivity index (χ0) is 15.7. The second kappa shape index (κ2) is 7.27. The molecule has 2 heterocycles. The van der Waals surface area contributed by atoms with Crippen LogP contribution in [0.2, 0.25) is 0 Å². The molecule has 1 atom stereocenters. The molecule has 1 aliphatic heterocycles. The third kappa shape index (κ3) is 3.92. The summed E-state index contributed by atoms with van der Waals surface area (Å²) in [6.45, 7) is 4.75. The molecule has 2 N–H and O–H groups in total. The molecule has 0 amide bonds. The van der Waals surface area contributed by atoms with E-state index in [1.807, 2.05) is 19.1 Å². The standard InChI is InChI=1S/C15H19N3O2S2.ClH/c1-10-15(21-11(2)18-10)22(19,20)17-9-14-13-6-4-3-5-12(13)7-8-16-14;/h3-6,14,16-17H,7-9H2,1-2H3;1H.